The molecule has 0 aliphatic heterocycles. The summed E-state index contributed by atoms with van der Waals surface area (Å²) in [4.78, 5) is 15.8. The third kappa shape index (κ3) is 2.70. The van der Waals surface area contributed by atoms with Crippen LogP contribution in [0.4, 0.5) is 0 Å². The van der Waals surface area contributed by atoms with E-state index in [2.05, 4.69) is 4.98 Å². The second-order valence-electron chi connectivity index (χ2n) is 4.99. The first-order valence-corrected chi connectivity index (χ1v) is 6.48. The zero-order valence-electron chi connectivity index (χ0n) is 11.4. The van der Waals surface area contributed by atoms with Gasteiger partial charge >= 0.3 is 5.97 Å². The summed E-state index contributed by atoms with van der Waals surface area (Å²) in [6, 6.07) is 11.2. The number of rotatable bonds is 5. The number of hydrogen-bond acceptors (Lipinski definition) is 3. The molecule has 0 spiro atoms. The number of nitrogens with zero attached hydrogens (tertiary/aromatic N) is 1. The van der Waals surface area contributed by atoms with E-state index in [9.17, 15) is 9.90 Å². The van der Waals surface area contributed by atoms with Gasteiger partial charge in [-0.3, -0.25) is 9.78 Å². The summed E-state index contributed by atoms with van der Waals surface area (Å²) in [5.74, 6) is -0.902. The van der Waals surface area contributed by atoms with E-state index < -0.39 is 11.4 Å². The molecule has 0 radical (unpaired) electrons. The molecule has 0 aliphatic carbocycles. The molecule has 3 N–H and O–H groups in total. The number of nitrogens with two attached hydrogens (primary N) is 1. The van der Waals surface area contributed by atoms with Crippen molar-refractivity contribution >= 4 is 5.97 Å². The van der Waals surface area contributed by atoms with Crippen LogP contribution in [-0.2, 0) is 16.6 Å². The summed E-state index contributed by atoms with van der Waals surface area (Å²) in [5, 5.41) is 9.71. The van der Waals surface area contributed by atoms with Crippen molar-refractivity contribution < 1.29 is 9.90 Å². The van der Waals surface area contributed by atoms with Crippen LogP contribution in [0.3, 0.4) is 0 Å². The molecule has 0 fully saturated rings. The molecule has 0 bridgehead atoms. The minimum atomic E-state index is -1.10. The van der Waals surface area contributed by atoms with Gasteiger partial charge in [-0.15, -0.1) is 0 Å². The fourth-order valence-corrected chi connectivity index (χ4v) is 2.30. The Morgan fingerprint density at radius 3 is 2.30 bits per heavy atom. The summed E-state index contributed by atoms with van der Waals surface area (Å²) in [6.07, 6.45) is 3.67. The quantitative estimate of drug-likeness (QED) is 0.870. The van der Waals surface area contributed by atoms with E-state index in [1.165, 1.54) is 0 Å². The Bertz CT molecular complexity index is 581. The average Bonchev–Trinajstić information content (AvgIpc) is 2.46. The Morgan fingerprint density at radius 2 is 1.80 bits per heavy atom. The van der Waals surface area contributed by atoms with Gasteiger partial charge in [0.25, 0.3) is 0 Å². The van der Waals surface area contributed by atoms with Crippen molar-refractivity contribution in [2.75, 3.05) is 6.54 Å². The number of carboxylic acid groups (broad SMARTS) is 1. The van der Waals surface area contributed by atoms with Gasteiger partial charge in [-0.2, -0.15) is 0 Å². The van der Waals surface area contributed by atoms with E-state index in [1.54, 1.807) is 12.4 Å². The van der Waals surface area contributed by atoms with E-state index >= 15 is 0 Å². The Kier molecular flexibility index (Phi) is 4.15. The SMILES string of the molecule is Cc1ccc(C(CN)(Cc2ccncc2)C(=O)O)cc1. The summed E-state index contributed by atoms with van der Waals surface area (Å²) in [7, 11) is 0. The van der Waals surface area contributed by atoms with Gasteiger partial charge in [0.15, 0.2) is 0 Å². The Labute approximate surface area is 118 Å². The van der Waals surface area contributed by atoms with Gasteiger partial charge in [0, 0.05) is 18.9 Å². The largest absolute Gasteiger partial charge is 0.481 e. The molecule has 2 aromatic rings. The predicted octanol–water partition coefficient (Wildman–Crippen LogP) is 1.91. The molecule has 1 aromatic carbocycles. The lowest BCUT2D eigenvalue weighted by Gasteiger charge is -2.28. The summed E-state index contributed by atoms with van der Waals surface area (Å²) >= 11 is 0. The van der Waals surface area contributed by atoms with Crippen molar-refractivity contribution in [1.29, 1.82) is 0 Å². The third-order valence-electron chi connectivity index (χ3n) is 3.62. The number of benzene rings is 1. The fourth-order valence-electron chi connectivity index (χ4n) is 2.30. The van der Waals surface area contributed by atoms with Gasteiger partial charge in [0.05, 0.1) is 0 Å². The van der Waals surface area contributed by atoms with Crippen molar-refractivity contribution in [1.82, 2.24) is 4.98 Å². The van der Waals surface area contributed by atoms with Crippen molar-refractivity contribution in [2.24, 2.45) is 5.73 Å². The van der Waals surface area contributed by atoms with Gasteiger partial charge in [0.2, 0.25) is 0 Å². The van der Waals surface area contributed by atoms with E-state index in [-0.39, 0.29) is 6.54 Å². The number of hydrogen-bond donors (Lipinski definition) is 2. The Balaban J connectivity index is 2.45. The van der Waals surface area contributed by atoms with Gasteiger partial charge in [-0.1, -0.05) is 29.8 Å². The molecule has 1 heterocycles. The molecule has 0 saturated carbocycles. The Morgan fingerprint density at radius 1 is 1.20 bits per heavy atom. The highest BCUT2D eigenvalue weighted by Gasteiger charge is 2.39. The summed E-state index contributed by atoms with van der Waals surface area (Å²) in [5.41, 5.74) is 7.46. The first-order chi connectivity index (χ1) is 9.58. The van der Waals surface area contributed by atoms with Gasteiger partial charge in [-0.25, -0.2) is 0 Å². The number of aliphatic carboxylic acids is 1. The van der Waals surface area contributed by atoms with E-state index in [4.69, 9.17) is 5.73 Å². The van der Waals surface area contributed by atoms with Crippen molar-refractivity contribution in [3.8, 4) is 0 Å². The first-order valence-electron chi connectivity index (χ1n) is 6.48. The number of carbonyl (C=O) groups is 1. The monoisotopic (exact) mass is 270 g/mol. The standard InChI is InChI=1S/C16H18N2O2/c1-12-2-4-14(5-3-12)16(11-17,15(19)20)10-13-6-8-18-9-7-13/h2-9H,10-11,17H2,1H3,(H,19,20). The average molecular weight is 270 g/mol. The minimum Gasteiger partial charge on any atom is -0.481 e. The highest BCUT2D eigenvalue weighted by atomic mass is 16.4. The maximum atomic E-state index is 11.8. The van der Waals surface area contributed by atoms with Crippen LogP contribution in [0.1, 0.15) is 16.7 Å². The molecule has 1 aromatic heterocycles. The zero-order chi connectivity index (χ0) is 14.6. The van der Waals surface area contributed by atoms with Crippen molar-refractivity contribution in [3.63, 3.8) is 0 Å². The molecule has 1 atom stereocenters. The molecule has 20 heavy (non-hydrogen) atoms. The van der Waals surface area contributed by atoms with Crippen LogP contribution in [-0.4, -0.2) is 22.6 Å². The minimum absolute atomic E-state index is 0.0493. The summed E-state index contributed by atoms with van der Waals surface area (Å²) in [6.45, 7) is 2.02. The van der Waals surface area contributed by atoms with Crippen LogP contribution in [0.25, 0.3) is 0 Å². The number of aryl methyl sites for hydroxylation is 1. The fraction of sp³-hybridized carbons (Fsp3) is 0.250. The van der Waals surface area contributed by atoms with E-state index in [0.29, 0.717) is 6.42 Å². The highest BCUT2D eigenvalue weighted by molar-refractivity contribution is 5.82. The molecule has 0 amide bonds. The smallest absolute Gasteiger partial charge is 0.315 e. The maximum absolute atomic E-state index is 11.8. The van der Waals surface area contributed by atoms with Crippen molar-refractivity contribution in [3.05, 3.63) is 65.5 Å². The molecule has 0 aliphatic rings. The normalized spacial score (nSPS) is 13.7. The molecule has 2 rings (SSSR count). The number of pyridine rings is 1. The van der Waals surface area contributed by atoms with Crippen molar-refractivity contribution in [2.45, 2.75) is 18.8 Å². The molecule has 104 valence electrons. The third-order valence-corrected chi connectivity index (χ3v) is 3.62. The van der Waals surface area contributed by atoms with Gasteiger partial charge in [0.1, 0.15) is 5.41 Å². The molecule has 1 unspecified atom stereocenters. The lowest BCUT2D eigenvalue weighted by atomic mass is 9.75. The van der Waals surface area contributed by atoms with Crippen LogP contribution in [0.5, 0.6) is 0 Å². The number of carboxylic acids is 1. The highest BCUT2D eigenvalue weighted by Crippen LogP contribution is 2.28. The van der Waals surface area contributed by atoms with E-state index in [1.807, 2.05) is 43.3 Å². The van der Waals surface area contributed by atoms with Gasteiger partial charge < -0.3 is 10.8 Å². The number of aromatic nitrogens is 1. The second-order valence-corrected chi connectivity index (χ2v) is 4.99. The van der Waals surface area contributed by atoms with Crippen LogP contribution >= 0.6 is 0 Å². The summed E-state index contributed by atoms with van der Waals surface area (Å²) < 4.78 is 0. The second kappa shape index (κ2) is 5.84. The molecule has 4 nitrogen and oxygen atoms in total. The molecule has 4 heteroatoms. The van der Waals surface area contributed by atoms with Gasteiger partial charge in [-0.05, 0) is 36.6 Å². The zero-order valence-corrected chi connectivity index (χ0v) is 11.4. The lowest BCUT2D eigenvalue weighted by Crippen LogP contribution is -2.45. The van der Waals surface area contributed by atoms with Crippen LogP contribution < -0.4 is 5.73 Å². The lowest BCUT2D eigenvalue weighted by molar-refractivity contribution is -0.143. The van der Waals surface area contributed by atoms with E-state index in [0.717, 1.165) is 16.7 Å². The first kappa shape index (κ1) is 14.2. The van der Waals surface area contributed by atoms with Crippen LogP contribution in [0.2, 0.25) is 0 Å². The predicted molar refractivity (Wildman–Crippen MR) is 77.5 cm³/mol. The topological polar surface area (TPSA) is 76.2 Å². The van der Waals surface area contributed by atoms with Crippen LogP contribution in [0.15, 0.2) is 48.8 Å². The van der Waals surface area contributed by atoms with Crippen LogP contribution in [0, 0.1) is 6.92 Å². The Hall–Kier alpha value is -2.20. The molecular weight excluding hydrogens is 252 g/mol. The molecular formula is C16H18N2O2. The maximum Gasteiger partial charge on any atom is 0.315 e. The molecule has 0 saturated heterocycles.